The third-order valence-corrected chi connectivity index (χ3v) is 3.49. The number of carbonyl (C=O) groups is 1. The summed E-state index contributed by atoms with van der Waals surface area (Å²) in [5, 5.41) is 4.10. The van der Waals surface area contributed by atoms with Crippen LogP contribution in [-0.4, -0.2) is 16.1 Å². The average Bonchev–Trinajstić information content (AvgIpc) is 2.94. The Kier molecular flexibility index (Phi) is 3.11. The highest BCUT2D eigenvalue weighted by molar-refractivity contribution is 5.84. The molecule has 4 nitrogen and oxygen atoms in total. The molecule has 0 saturated heterocycles. The number of carbonyl (C=O) groups excluding carboxylic acids is 1. The van der Waals surface area contributed by atoms with E-state index in [1.165, 1.54) is 0 Å². The molecule has 0 aliphatic carbocycles. The van der Waals surface area contributed by atoms with Crippen molar-refractivity contribution in [3.05, 3.63) is 29.7 Å². The van der Waals surface area contributed by atoms with Crippen molar-refractivity contribution in [3.8, 4) is 11.5 Å². The lowest BCUT2D eigenvalue weighted by molar-refractivity contribution is 0.112. The van der Waals surface area contributed by atoms with Gasteiger partial charge in [-0.05, 0) is 18.6 Å². The summed E-state index contributed by atoms with van der Waals surface area (Å²) in [6, 6.07) is 3.67. The van der Waals surface area contributed by atoms with Gasteiger partial charge < -0.3 is 4.42 Å². The van der Waals surface area contributed by atoms with Gasteiger partial charge in [0.1, 0.15) is 11.5 Å². The smallest absolute Gasteiger partial charge is 0.162 e. The van der Waals surface area contributed by atoms with Crippen molar-refractivity contribution in [1.82, 2.24) is 9.78 Å². The lowest BCUT2D eigenvalue weighted by Crippen LogP contribution is -2.13. The Morgan fingerprint density at radius 3 is 2.72 bits per heavy atom. The number of rotatable bonds is 4. The van der Waals surface area contributed by atoms with Crippen LogP contribution >= 0.6 is 0 Å². The molecule has 0 atom stereocenters. The van der Waals surface area contributed by atoms with E-state index in [1.54, 1.807) is 10.9 Å². The predicted octanol–water partition coefficient (Wildman–Crippen LogP) is 3.18. The largest absolute Gasteiger partial charge is 0.458 e. The van der Waals surface area contributed by atoms with E-state index in [1.807, 2.05) is 19.2 Å². The average molecular weight is 246 g/mol. The fraction of sp³-hybridized carbons (Fsp3) is 0.429. The Bertz CT molecular complexity index is 564. The van der Waals surface area contributed by atoms with Gasteiger partial charge in [-0.2, -0.15) is 5.10 Å². The van der Waals surface area contributed by atoms with Crippen LogP contribution in [0.4, 0.5) is 0 Å². The van der Waals surface area contributed by atoms with E-state index in [0.717, 1.165) is 24.2 Å². The van der Waals surface area contributed by atoms with Gasteiger partial charge >= 0.3 is 0 Å². The zero-order chi connectivity index (χ0) is 13.3. The maximum atomic E-state index is 11.2. The maximum absolute atomic E-state index is 11.2. The van der Waals surface area contributed by atoms with Crippen LogP contribution in [0.3, 0.4) is 0 Å². The summed E-state index contributed by atoms with van der Waals surface area (Å²) in [4.78, 5) is 11.2. The van der Waals surface area contributed by atoms with Crippen molar-refractivity contribution >= 4 is 6.29 Å². The fourth-order valence-corrected chi connectivity index (χ4v) is 1.80. The van der Waals surface area contributed by atoms with Crippen LogP contribution in [0.25, 0.3) is 11.5 Å². The van der Waals surface area contributed by atoms with Crippen molar-refractivity contribution in [2.75, 3.05) is 0 Å². The summed E-state index contributed by atoms with van der Waals surface area (Å²) in [6.07, 6.45) is 3.47. The summed E-state index contributed by atoms with van der Waals surface area (Å²) in [5.74, 6) is 1.44. The lowest BCUT2D eigenvalue weighted by Gasteiger charge is -2.19. The molecule has 0 N–H and O–H groups in total. The number of aromatic nitrogens is 2. The zero-order valence-corrected chi connectivity index (χ0v) is 11.2. The highest BCUT2D eigenvalue weighted by atomic mass is 16.3. The van der Waals surface area contributed by atoms with Gasteiger partial charge in [0.25, 0.3) is 0 Å². The highest BCUT2D eigenvalue weighted by Gasteiger charge is 2.25. The van der Waals surface area contributed by atoms with Crippen LogP contribution in [0, 0.1) is 0 Å². The number of hydrogen-bond acceptors (Lipinski definition) is 3. The number of hydrogen-bond donors (Lipinski definition) is 0. The minimum atomic E-state index is -0.0748. The van der Waals surface area contributed by atoms with E-state index in [0.29, 0.717) is 11.3 Å². The first kappa shape index (κ1) is 12.6. The topological polar surface area (TPSA) is 48.0 Å². The molecule has 0 aliphatic heterocycles. The summed E-state index contributed by atoms with van der Waals surface area (Å²) in [6.45, 7) is 6.31. The summed E-state index contributed by atoms with van der Waals surface area (Å²) >= 11 is 0. The monoisotopic (exact) mass is 246 g/mol. The molecule has 0 spiro atoms. The van der Waals surface area contributed by atoms with Gasteiger partial charge in [0, 0.05) is 18.7 Å². The third kappa shape index (κ3) is 1.98. The molecule has 0 aliphatic rings. The molecule has 0 bridgehead atoms. The molecule has 0 fully saturated rings. The molecule has 2 rings (SSSR count). The molecule has 18 heavy (non-hydrogen) atoms. The molecule has 0 amide bonds. The Hall–Kier alpha value is -1.84. The molecule has 0 unspecified atom stereocenters. The van der Waals surface area contributed by atoms with Crippen LogP contribution in [0.15, 0.2) is 22.7 Å². The van der Waals surface area contributed by atoms with Gasteiger partial charge in [-0.15, -0.1) is 0 Å². The van der Waals surface area contributed by atoms with Crippen molar-refractivity contribution in [2.45, 2.75) is 32.6 Å². The number of furan rings is 1. The number of nitrogens with zero attached hydrogens (tertiary/aromatic N) is 2. The van der Waals surface area contributed by atoms with E-state index in [9.17, 15) is 4.79 Å². The van der Waals surface area contributed by atoms with Crippen molar-refractivity contribution in [2.24, 2.45) is 7.05 Å². The first-order valence-corrected chi connectivity index (χ1v) is 6.07. The molecular weight excluding hydrogens is 228 g/mol. The van der Waals surface area contributed by atoms with E-state index in [4.69, 9.17) is 4.42 Å². The third-order valence-electron chi connectivity index (χ3n) is 3.49. The molecule has 0 radical (unpaired) electrons. The lowest BCUT2D eigenvalue weighted by atomic mass is 9.87. The molecule has 96 valence electrons. The van der Waals surface area contributed by atoms with Crippen LogP contribution in [-0.2, 0) is 12.5 Å². The SMILES string of the molecule is CCC(C)(C)c1cc(C=O)c(-c2ccnn2C)o1. The predicted molar refractivity (Wildman–Crippen MR) is 69.6 cm³/mol. The normalized spacial score (nSPS) is 11.8. The highest BCUT2D eigenvalue weighted by Crippen LogP contribution is 2.34. The number of aryl methyl sites for hydroxylation is 1. The minimum Gasteiger partial charge on any atom is -0.458 e. The zero-order valence-electron chi connectivity index (χ0n) is 11.2. The van der Waals surface area contributed by atoms with Crippen molar-refractivity contribution < 1.29 is 9.21 Å². The second-order valence-electron chi connectivity index (χ2n) is 5.09. The Morgan fingerprint density at radius 2 is 2.22 bits per heavy atom. The van der Waals surface area contributed by atoms with Gasteiger partial charge in [0.15, 0.2) is 12.0 Å². The van der Waals surface area contributed by atoms with Gasteiger partial charge in [-0.25, -0.2) is 0 Å². The second-order valence-corrected chi connectivity index (χ2v) is 5.09. The van der Waals surface area contributed by atoms with Gasteiger partial charge in [0.05, 0.1) is 5.56 Å². The second kappa shape index (κ2) is 4.44. The van der Waals surface area contributed by atoms with Crippen molar-refractivity contribution in [3.63, 3.8) is 0 Å². The van der Waals surface area contributed by atoms with Gasteiger partial charge in [-0.1, -0.05) is 20.8 Å². The van der Waals surface area contributed by atoms with E-state index in [2.05, 4.69) is 25.9 Å². The van der Waals surface area contributed by atoms with Crippen LogP contribution in [0.5, 0.6) is 0 Å². The minimum absolute atomic E-state index is 0.0748. The Balaban J connectivity index is 2.56. The van der Waals surface area contributed by atoms with Crippen LogP contribution in [0.2, 0.25) is 0 Å². The summed E-state index contributed by atoms with van der Waals surface area (Å²) in [7, 11) is 1.83. The molecule has 2 aromatic heterocycles. The van der Waals surface area contributed by atoms with Crippen LogP contribution in [0.1, 0.15) is 43.3 Å². The first-order chi connectivity index (χ1) is 8.49. The maximum Gasteiger partial charge on any atom is 0.162 e. The Labute approximate surface area is 107 Å². The van der Waals surface area contributed by atoms with Gasteiger partial charge in [0.2, 0.25) is 0 Å². The quantitative estimate of drug-likeness (QED) is 0.778. The molecular formula is C14H18N2O2. The van der Waals surface area contributed by atoms with E-state index >= 15 is 0 Å². The summed E-state index contributed by atoms with van der Waals surface area (Å²) < 4.78 is 7.60. The number of aldehydes is 1. The van der Waals surface area contributed by atoms with Crippen molar-refractivity contribution in [1.29, 1.82) is 0 Å². The standard InChI is InChI=1S/C14H18N2O2/c1-5-14(2,3)12-8-10(9-17)13(18-12)11-6-7-15-16(11)4/h6-9H,5H2,1-4H3. The van der Waals surface area contributed by atoms with Gasteiger partial charge in [-0.3, -0.25) is 9.48 Å². The van der Waals surface area contributed by atoms with E-state index in [-0.39, 0.29) is 5.41 Å². The summed E-state index contributed by atoms with van der Waals surface area (Å²) in [5.41, 5.74) is 1.32. The molecule has 0 saturated carbocycles. The van der Waals surface area contributed by atoms with Crippen LogP contribution < -0.4 is 0 Å². The molecule has 0 aromatic carbocycles. The molecule has 2 heterocycles. The fourth-order valence-electron chi connectivity index (χ4n) is 1.80. The Morgan fingerprint density at radius 1 is 1.50 bits per heavy atom. The molecule has 4 heteroatoms. The van der Waals surface area contributed by atoms with E-state index < -0.39 is 0 Å². The molecule has 2 aromatic rings. The first-order valence-electron chi connectivity index (χ1n) is 6.07.